The van der Waals surface area contributed by atoms with Crippen molar-refractivity contribution in [3.63, 3.8) is 0 Å². The number of sulfonamides is 1. The lowest BCUT2D eigenvalue weighted by molar-refractivity contribution is -0.122. The van der Waals surface area contributed by atoms with Gasteiger partial charge in [-0.3, -0.25) is 9.10 Å². The maximum atomic E-state index is 13.0. The molecule has 2 rings (SSSR count). The molecule has 0 heterocycles. The first-order chi connectivity index (χ1) is 14.4. The number of benzene rings is 2. The van der Waals surface area contributed by atoms with Crippen LogP contribution in [0.2, 0.25) is 0 Å². The quantitative estimate of drug-likeness (QED) is 0.606. The van der Waals surface area contributed by atoms with Gasteiger partial charge in [0.1, 0.15) is 11.8 Å². The third-order valence-electron chi connectivity index (χ3n) is 4.82. The number of anilines is 1. The van der Waals surface area contributed by atoms with Gasteiger partial charge in [0.15, 0.2) is 9.84 Å². The zero-order valence-electron chi connectivity index (χ0n) is 18.2. The molecule has 31 heavy (non-hydrogen) atoms. The minimum Gasteiger partial charge on any atom is -0.497 e. The number of carbonyl (C=O) groups excluding carboxylic acids is 1. The first-order valence-corrected chi connectivity index (χ1v) is 13.4. The second-order valence-corrected chi connectivity index (χ2v) is 11.1. The molecule has 2 aromatic rings. The summed E-state index contributed by atoms with van der Waals surface area (Å²) >= 11 is 0. The first kappa shape index (κ1) is 24.7. The van der Waals surface area contributed by atoms with Gasteiger partial charge in [0.2, 0.25) is 15.9 Å². The van der Waals surface area contributed by atoms with E-state index in [-0.39, 0.29) is 11.3 Å². The van der Waals surface area contributed by atoms with E-state index in [1.807, 2.05) is 0 Å². The molecule has 1 N–H and O–H groups in total. The predicted molar refractivity (Wildman–Crippen MR) is 121 cm³/mol. The van der Waals surface area contributed by atoms with Crippen LogP contribution in [0.3, 0.4) is 0 Å². The topological polar surface area (TPSA) is 110 Å². The van der Waals surface area contributed by atoms with Crippen LogP contribution in [0.1, 0.15) is 31.9 Å². The molecule has 0 fully saturated rings. The van der Waals surface area contributed by atoms with Crippen molar-refractivity contribution >= 4 is 31.5 Å². The molecule has 0 aromatic heterocycles. The van der Waals surface area contributed by atoms with Crippen LogP contribution in [0.15, 0.2) is 53.4 Å². The molecule has 1 amide bonds. The average Bonchev–Trinajstić information content (AvgIpc) is 2.70. The highest BCUT2D eigenvalue weighted by Crippen LogP contribution is 2.26. The van der Waals surface area contributed by atoms with E-state index >= 15 is 0 Å². The van der Waals surface area contributed by atoms with Gasteiger partial charge in [-0.1, -0.05) is 19.1 Å². The highest BCUT2D eigenvalue weighted by molar-refractivity contribution is 7.92. The lowest BCUT2D eigenvalue weighted by Gasteiger charge is -2.31. The normalized spacial score (nSPS) is 13.8. The van der Waals surface area contributed by atoms with Gasteiger partial charge in [-0.2, -0.15) is 0 Å². The Bertz CT molecular complexity index is 1110. The maximum absolute atomic E-state index is 13.0. The minimum absolute atomic E-state index is 0.184. The van der Waals surface area contributed by atoms with Crippen molar-refractivity contribution in [2.75, 3.05) is 23.9 Å². The van der Waals surface area contributed by atoms with Crippen LogP contribution < -0.4 is 14.4 Å². The number of amides is 1. The van der Waals surface area contributed by atoms with Crippen LogP contribution >= 0.6 is 0 Å². The van der Waals surface area contributed by atoms with Gasteiger partial charge in [0.05, 0.1) is 30.0 Å². The van der Waals surface area contributed by atoms with Crippen molar-refractivity contribution in [2.45, 2.75) is 37.2 Å². The van der Waals surface area contributed by atoms with Crippen molar-refractivity contribution < 1.29 is 26.4 Å². The van der Waals surface area contributed by atoms with Crippen molar-refractivity contribution in [3.05, 3.63) is 54.1 Å². The highest BCUT2D eigenvalue weighted by atomic mass is 32.2. The molecular formula is C21H28N2O6S2. The Morgan fingerprint density at radius 2 is 1.55 bits per heavy atom. The maximum Gasteiger partial charge on any atom is 0.244 e. The number of rotatable bonds is 9. The molecule has 0 aliphatic carbocycles. The summed E-state index contributed by atoms with van der Waals surface area (Å²) in [6.45, 7) is 3.48. The summed E-state index contributed by atoms with van der Waals surface area (Å²) in [5.74, 6) is 0.115. The van der Waals surface area contributed by atoms with Gasteiger partial charge >= 0.3 is 0 Å². The van der Waals surface area contributed by atoms with Crippen LogP contribution in [0.25, 0.3) is 0 Å². The van der Waals surface area contributed by atoms with Gasteiger partial charge in [-0.05, 0) is 55.3 Å². The van der Waals surface area contributed by atoms with Crippen LogP contribution in [0.4, 0.5) is 5.69 Å². The Morgan fingerprint density at radius 1 is 1.00 bits per heavy atom. The number of sulfone groups is 1. The van der Waals surface area contributed by atoms with Crippen LogP contribution in [-0.4, -0.2) is 48.4 Å². The Hall–Kier alpha value is -2.59. The van der Waals surface area contributed by atoms with E-state index in [0.29, 0.717) is 17.0 Å². The fraction of sp³-hybridized carbons (Fsp3) is 0.381. The number of carbonyl (C=O) groups is 1. The van der Waals surface area contributed by atoms with E-state index in [9.17, 15) is 21.6 Å². The summed E-state index contributed by atoms with van der Waals surface area (Å²) in [6, 6.07) is 11.2. The summed E-state index contributed by atoms with van der Waals surface area (Å²) < 4.78 is 54.5. The Morgan fingerprint density at radius 3 is 1.97 bits per heavy atom. The van der Waals surface area contributed by atoms with E-state index in [1.54, 1.807) is 50.2 Å². The van der Waals surface area contributed by atoms with Crippen molar-refractivity contribution in [1.29, 1.82) is 0 Å². The molecule has 0 saturated heterocycles. The number of nitrogens with one attached hydrogen (secondary N) is 1. The predicted octanol–water partition coefficient (Wildman–Crippen LogP) is 2.52. The SMILES string of the molecule is CCC(C(=O)NC(C)c1ccc(S(C)(=O)=O)cc1)N(c1ccc(OC)cc1)S(C)(=O)=O. The monoisotopic (exact) mass is 468 g/mol. The molecule has 0 radical (unpaired) electrons. The Labute approximate surface area is 184 Å². The first-order valence-electron chi connectivity index (χ1n) is 9.62. The highest BCUT2D eigenvalue weighted by Gasteiger charge is 2.32. The number of methoxy groups -OCH3 is 1. The zero-order chi connectivity index (χ0) is 23.4. The fourth-order valence-electron chi connectivity index (χ4n) is 3.19. The molecule has 2 unspecified atom stereocenters. The number of hydrogen-bond acceptors (Lipinski definition) is 6. The molecule has 0 aliphatic rings. The summed E-state index contributed by atoms with van der Waals surface area (Å²) in [6.07, 6.45) is 2.43. The van der Waals surface area contributed by atoms with Crippen LogP contribution in [0.5, 0.6) is 5.75 Å². The Balaban J connectivity index is 2.28. The molecule has 0 saturated carbocycles. The van der Waals surface area contributed by atoms with Crippen molar-refractivity contribution in [2.24, 2.45) is 0 Å². The van der Waals surface area contributed by atoms with E-state index in [4.69, 9.17) is 4.74 Å². The summed E-state index contributed by atoms with van der Waals surface area (Å²) in [5, 5.41) is 2.83. The van der Waals surface area contributed by atoms with Gasteiger partial charge in [-0.15, -0.1) is 0 Å². The van der Waals surface area contributed by atoms with Gasteiger partial charge < -0.3 is 10.1 Å². The van der Waals surface area contributed by atoms with Gasteiger partial charge in [-0.25, -0.2) is 16.8 Å². The average molecular weight is 469 g/mol. The van der Waals surface area contributed by atoms with Crippen LogP contribution in [-0.2, 0) is 24.7 Å². The second kappa shape index (κ2) is 9.69. The molecule has 0 spiro atoms. The van der Waals surface area contributed by atoms with E-state index in [1.165, 1.54) is 19.2 Å². The largest absolute Gasteiger partial charge is 0.497 e. The van der Waals surface area contributed by atoms with Gasteiger partial charge in [0.25, 0.3) is 0 Å². The van der Waals surface area contributed by atoms with E-state index in [0.717, 1.165) is 16.8 Å². The van der Waals surface area contributed by atoms with Gasteiger partial charge in [0, 0.05) is 6.26 Å². The third kappa shape index (κ3) is 6.20. The van der Waals surface area contributed by atoms with Crippen molar-refractivity contribution in [1.82, 2.24) is 5.32 Å². The van der Waals surface area contributed by atoms with Crippen molar-refractivity contribution in [3.8, 4) is 5.75 Å². The standard InChI is InChI=1S/C21H28N2O6S2/c1-6-20(23(31(5,27)28)17-9-11-18(29-3)12-10-17)21(24)22-15(2)16-7-13-19(14-8-16)30(4,25)26/h7-15,20H,6H2,1-5H3,(H,22,24). The summed E-state index contributed by atoms with van der Waals surface area (Å²) in [4.78, 5) is 13.2. The van der Waals surface area contributed by atoms with E-state index in [2.05, 4.69) is 5.32 Å². The molecular weight excluding hydrogens is 440 g/mol. The number of nitrogens with zero attached hydrogens (tertiary/aromatic N) is 1. The molecule has 2 aromatic carbocycles. The third-order valence-corrected chi connectivity index (χ3v) is 7.13. The summed E-state index contributed by atoms with van der Waals surface area (Å²) in [5.41, 5.74) is 1.06. The molecule has 8 nitrogen and oxygen atoms in total. The van der Waals surface area contributed by atoms with E-state index < -0.39 is 37.9 Å². The van der Waals surface area contributed by atoms with Crippen LogP contribution in [0, 0.1) is 0 Å². The molecule has 0 bridgehead atoms. The smallest absolute Gasteiger partial charge is 0.244 e. The molecule has 2 atom stereocenters. The fourth-order valence-corrected chi connectivity index (χ4v) is 5.03. The summed E-state index contributed by atoms with van der Waals surface area (Å²) in [7, 11) is -5.56. The molecule has 10 heteroatoms. The lowest BCUT2D eigenvalue weighted by Crippen LogP contribution is -2.49. The Kier molecular flexibility index (Phi) is 7.72. The number of hydrogen-bond donors (Lipinski definition) is 1. The minimum atomic E-state index is -3.75. The molecule has 0 aliphatic heterocycles. The lowest BCUT2D eigenvalue weighted by atomic mass is 10.1. The second-order valence-electron chi connectivity index (χ2n) is 7.25. The number of ether oxygens (including phenoxy) is 1. The zero-order valence-corrected chi connectivity index (χ0v) is 19.8. The molecule has 170 valence electrons.